The molecule has 0 bridgehead atoms. The molecule has 0 aromatic heterocycles. The Kier molecular flexibility index (Phi) is 3.79. The minimum atomic E-state index is 0.0640. The molecule has 1 N–H and O–H groups in total. The van der Waals surface area contributed by atoms with E-state index in [2.05, 4.69) is 17.4 Å². The molecule has 0 aliphatic heterocycles. The Balaban J connectivity index is 1.63. The van der Waals surface area contributed by atoms with Gasteiger partial charge in [-0.3, -0.25) is 4.79 Å². The molecule has 0 heterocycles. The molecule has 3 heteroatoms. The first kappa shape index (κ1) is 13.0. The summed E-state index contributed by atoms with van der Waals surface area (Å²) in [6.45, 7) is 0. The SMILES string of the molecule is O=C(NC1CCCCC1CCl)C1Cc2ccccc21. The molecule has 2 aliphatic rings. The van der Waals surface area contributed by atoms with Gasteiger partial charge in [0, 0.05) is 11.9 Å². The number of carbonyl (C=O) groups is 1. The Bertz CT molecular complexity index is 474. The van der Waals surface area contributed by atoms with Crippen molar-refractivity contribution in [3.8, 4) is 0 Å². The number of hydrogen-bond acceptors (Lipinski definition) is 1. The second-order valence-electron chi connectivity index (χ2n) is 5.77. The van der Waals surface area contributed by atoms with Crippen LogP contribution in [0.1, 0.15) is 42.7 Å². The molecule has 3 unspecified atom stereocenters. The second-order valence-corrected chi connectivity index (χ2v) is 6.08. The number of hydrogen-bond donors (Lipinski definition) is 1. The lowest BCUT2D eigenvalue weighted by Gasteiger charge is -2.35. The summed E-state index contributed by atoms with van der Waals surface area (Å²) >= 11 is 6.02. The van der Waals surface area contributed by atoms with Gasteiger partial charge in [-0.2, -0.15) is 0 Å². The maximum atomic E-state index is 12.4. The van der Waals surface area contributed by atoms with Crippen LogP contribution in [0.4, 0.5) is 0 Å². The van der Waals surface area contributed by atoms with E-state index in [0.29, 0.717) is 11.8 Å². The van der Waals surface area contributed by atoms with Crippen molar-refractivity contribution in [2.45, 2.75) is 44.1 Å². The monoisotopic (exact) mass is 277 g/mol. The summed E-state index contributed by atoms with van der Waals surface area (Å²) in [6, 6.07) is 8.52. The van der Waals surface area contributed by atoms with Gasteiger partial charge in [-0.1, -0.05) is 37.1 Å². The molecule has 0 spiro atoms. The van der Waals surface area contributed by atoms with Crippen LogP contribution in [0.5, 0.6) is 0 Å². The zero-order valence-electron chi connectivity index (χ0n) is 11.1. The number of amides is 1. The molecule has 2 aliphatic carbocycles. The van der Waals surface area contributed by atoms with Gasteiger partial charge >= 0.3 is 0 Å². The molecule has 2 nitrogen and oxygen atoms in total. The van der Waals surface area contributed by atoms with Gasteiger partial charge in [0.25, 0.3) is 0 Å². The zero-order chi connectivity index (χ0) is 13.2. The Hall–Kier alpha value is -1.02. The predicted molar refractivity (Wildman–Crippen MR) is 77.5 cm³/mol. The van der Waals surface area contributed by atoms with Crippen molar-refractivity contribution >= 4 is 17.5 Å². The van der Waals surface area contributed by atoms with Crippen LogP contribution in [0.15, 0.2) is 24.3 Å². The van der Waals surface area contributed by atoms with E-state index in [-0.39, 0.29) is 17.9 Å². The minimum Gasteiger partial charge on any atom is -0.353 e. The quantitative estimate of drug-likeness (QED) is 0.845. The number of nitrogens with one attached hydrogen (secondary N) is 1. The first-order valence-electron chi connectivity index (χ1n) is 7.23. The van der Waals surface area contributed by atoms with Crippen molar-refractivity contribution < 1.29 is 4.79 Å². The minimum absolute atomic E-state index is 0.0640. The average Bonchev–Trinajstić information content (AvgIpc) is 2.41. The van der Waals surface area contributed by atoms with Gasteiger partial charge in [0.1, 0.15) is 0 Å². The Morgan fingerprint density at radius 2 is 2.05 bits per heavy atom. The van der Waals surface area contributed by atoms with Crippen LogP contribution in [0.25, 0.3) is 0 Å². The smallest absolute Gasteiger partial charge is 0.228 e. The standard InChI is InChI=1S/C16H20ClNO/c17-10-12-6-2-4-8-15(12)18-16(19)14-9-11-5-1-3-7-13(11)14/h1,3,5,7,12,14-15H,2,4,6,8-10H2,(H,18,19). The van der Waals surface area contributed by atoms with E-state index < -0.39 is 0 Å². The van der Waals surface area contributed by atoms with Crippen LogP contribution in [0.2, 0.25) is 0 Å². The molecule has 1 aromatic carbocycles. The third-order valence-corrected chi connectivity index (χ3v) is 5.00. The Labute approximate surface area is 119 Å². The highest BCUT2D eigenvalue weighted by molar-refractivity contribution is 6.18. The summed E-state index contributed by atoms with van der Waals surface area (Å²) in [5.74, 6) is 1.37. The second kappa shape index (κ2) is 5.54. The van der Waals surface area contributed by atoms with Crippen molar-refractivity contribution in [1.29, 1.82) is 0 Å². The summed E-state index contributed by atoms with van der Waals surface area (Å²) in [7, 11) is 0. The molecule has 1 amide bonds. The van der Waals surface area contributed by atoms with Crippen LogP contribution in [-0.4, -0.2) is 17.8 Å². The lowest BCUT2D eigenvalue weighted by atomic mass is 9.76. The molecule has 1 saturated carbocycles. The fraction of sp³-hybridized carbons (Fsp3) is 0.562. The number of carbonyl (C=O) groups excluding carboxylic acids is 1. The largest absolute Gasteiger partial charge is 0.353 e. The van der Waals surface area contributed by atoms with Gasteiger partial charge in [0.2, 0.25) is 5.91 Å². The van der Waals surface area contributed by atoms with Gasteiger partial charge in [-0.05, 0) is 36.3 Å². The van der Waals surface area contributed by atoms with Crippen LogP contribution < -0.4 is 5.32 Å². The van der Waals surface area contributed by atoms with E-state index in [1.807, 2.05) is 12.1 Å². The predicted octanol–water partition coefficient (Wildman–Crippen LogP) is 3.24. The van der Waals surface area contributed by atoms with Crippen molar-refractivity contribution in [2.75, 3.05) is 5.88 Å². The summed E-state index contributed by atoms with van der Waals surface area (Å²) in [4.78, 5) is 12.4. The number of rotatable bonds is 3. The molecule has 1 aromatic rings. The summed E-state index contributed by atoms with van der Waals surface area (Å²) in [5.41, 5.74) is 2.53. The first-order chi connectivity index (χ1) is 9.29. The lowest BCUT2D eigenvalue weighted by molar-refractivity contribution is -0.124. The molecular weight excluding hydrogens is 258 g/mol. The van der Waals surface area contributed by atoms with E-state index in [0.717, 1.165) is 19.3 Å². The third-order valence-electron chi connectivity index (χ3n) is 4.61. The van der Waals surface area contributed by atoms with Gasteiger partial charge in [0.05, 0.1) is 5.92 Å². The van der Waals surface area contributed by atoms with E-state index in [4.69, 9.17) is 11.6 Å². The first-order valence-corrected chi connectivity index (χ1v) is 7.77. The number of halogens is 1. The van der Waals surface area contributed by atoms with Gasteiger partial charge in [-0.15, -0.1) is 11.6 Å². The molecule has 19 heavy (non-hydrogen) atoms. The van der Waals surface area contributed by atoms with E-state index >= 15 is 0 Å². The normalized spacial score (nSPS) is 29.2. The third kappa shape index (κ3) is 2.51. The summed E-state index contributed by atoms with van der Waals surface area (Å²) in [5, 5.41) is 3.24. The topological polar surface area (TPSA) is 29.1 Å². The van der Waals surface area contributed by atoms with E-state index in [1.54, 1.807) is 0 Å². The zero-order valence-corrected chi connectivity index (χ0v) is 11.8. The molecule has 3 atom stereocenters. The maximum absolute atomic E-state index is 12.4. The van der Waals surface area contributed by atoms with Crippen LogP contribution in [0, 0.1) is 5.92 Å². The summed E-state index contributed by atoms with van der Waals surface area (Å²) in [6.07, 6.45) is 5.57. The van der Waals surface area contributed by atoms with E-state index in [1.165, 1.54) is 24.0 Å². The Morgan fingerprint density at radius 1 is 1.26 bits per heavy atom. The number of benzene rings is 1. The average molecular weight is 278 g/mol. The molecule has 3 rings (SSSR count). The van der Waals surface area contributed by atoms with Crippen molar-refractivity contribution in [3.05, 3.63) is 35.4 Å². The van der Waals surface area contributed by atoms with Crippen LogP contribution in [0.3, 0.4) is 0 Å². The molecule has 0 saturated heterocycles. The number of fused-ring (bicyclic) bond motifs is 1. The molecule has 1 fully saturated rings. The number of alkyl halides is 1. The molecule has 102 valence electrons. The van der Waals surface area contributed by atoms with Crippen molar-refractivity contribution in [3.63, 3.8) is 0 Å². The lowest BCUT2D eigenvalue weighted by Crippen LogP contribution is -2.46. The summed E-state index contributed by atoms with van der Waals surface area (Å²) < 4.78 is 0. The fourth-order valence-corrected chi connectivity index (χ4v) is 3.73. The maximum Gasteiger partial charge on any atom is 0.228 e. The fourth-order valence-electron chi connectivity index (χ4n) is 3.36. The van der Waals surface area contributed by atoms with Crippen LogP contribution in [-0.2, 0) is 11.2 Å². The van der Waals surface area contributed by atoms with Crippen molar-refractivity contribution in [1.82, 2.24) is 5.32 Å². The van der Waals surface area contributed by atoms with Crippen molar-refractivity contribution in [2.24, 2.45) is 5.92 Å². The van der Waals surface area contributed by atoms with Crippen LogP contribution >= 0.6 is 11.6 Å². The highest BCUT2D eigenvalue weighted by atomic mass is 35.5. The highest BCUT2D eigenvalue weighted by Gasteiger charge is 2.34. The van der Waals surface area contributed by atoms with Gasteiger partial charge in [-0.25, -0.2) is 0 Å². The molecular formula is C16H20ClNO. The van der Waals surface area contributed by atoms with Gasteiger partial charge < -0.3 is 5.32 Å². The Morgan fingerprint density at radius 3 is 2.84 bits per heavy atom. The molecule has 0 radical (unpaired) electrons. The van der Waals surface area contributed by atoms with E-state index in [9.17, 15) is 4.79 Å². The highest BCUT2D eigenvalue weighted by Crippen LogP contribution is 2.35. The van der Waals surface area contributed by atoms with Gasteiger partial charge in [0.15, 0.2) is 0 Å².